The summed E-state index contributed by atoms with van der Waals surface area (Å²) in [5.41, 5.74) is 1.07. The molecule has 2 atom stereocenters. The van der Waals surface area contributed by atoms with Crippen LogP contribution in [0.1, 0.15) is 24.3 Å². The van der Waals surface area contributed by atoms with Crippen molar-refractivity contribution in [2.24, 2.45) is 5.92 Å². The Labute approximate surface area is 96.0 Å². The van der Waals surface area contributed by atoms with Crippen LogP contribution in [0.3, 0.4) is 0 Å². The number of aromatic nitrogens is 1. The zero-order valence-electron chi connectivity index (χ0n) is 9.78. The van der Waals surface area contributed by atoms with Gasteiger partial charge in [0.25, 0.3) is 0 Å². The van der Waals surface area contributed by atoms with Crippen molar-refractivity contribution in [3.63, 3.8) is 0 Å². The summed E-state index contributed by atoms with van der Waals surface area (Å²) < 4.78 is 5.10. The molecular weight excluding hydrogens is 202 g/mol. The lowest BCUT2D eigenvalue weighted by molar-refractivity contribution is 0.298. The second-order valence-electron chi connectivity index (χ2n) is 5.09. The van der Waals surface area contributed by atoms with E-state index in [-0.39, 0.29) is 0 Å². The summed E-state index contributed by atoms with van der Waals surface area (Å²) in [5, 5.41) is 7.68. The molecular formula is C12H19N3O. The molecule has 4 heteroatoms. The zero-order chi connectivity index (χ0) is 11.0. The fraction of sp³-hybridized carbons (Fsp3) is 0.750. The minimum absolute atomic E-state index is 0.710. The van der Waals surface area contributed by atoms with Gasteiger partial charge in [-0.25, -0.2) is 0 Å². The van der Waals surface area contributed by atoms with E-state index in [0.717, 1.165) is 30.5 Å². The average Bonchev–Trinajstić information content (AvgIpc) is 2.84. The predicted molar refractivity (Wildman–Crippen MR) is 61.0 cm³/mol. The van der Waals surface area contributed by atoms with Gasteiger partial charge < -0.3 is 9.84 Å². The Bertz CT molecular complexity index is 349. The summed E-state index contributed by atoms with van der Waals surface area (Å²) in [7, 11) is 0. The van der Waals surface area contributed by atoms with E-state index in [1.54, 1.807) is 0 Å². The molecule has 1 N–H and O–H groups in total. The molecule has 0 radical (unpaired) electrons. The van der Waals surface area contributed by atoms with Gasteiger partial charge in [0, 0.05) is 31.7 Å². The van der Waals surface area contributed by atoms with Crippen molar-refractivity contribution in [3.05, 3.63) is 17.5 Å². The average molecular weight is 221 g/mol. The summed E-state index contributed by atoms with van der Waals surface area (Å²) in [6.45, 7) is 6.45. The second kappa shape index (κ2) is 4.18. The first-order valence-electron chi connectivity index (χ1n) is 6.19. The summed E-state index contributed by atoms with van der Waals surface area (Å²) in [6.07, 6.45) is 2.71. The second-order valence-corrected chi connectivity index (χ2v) is 5.09. The lowest BCUT2D eigenvalue weighted by Crippen LogP contribution is -2.40. The number of piperidine rings is 1. The van der Waals surface area contributed by atoms with Crippen LogP contribution < -0.4 is 5.32 Å². The van der Waals surface area contributed by atoms with Crippen LogP contribution in [0.2, 0.25) is 0 Å². The minimum Gasteiger partial charge on any atom is -0.361 e. The number of fused-ring (bicyclic) bond motifs is 1. The van der Waals surface area contributed by atoms with Crippen molar-refractivity contribution in [1.29, 1.82) is 0 Å². The fourth-order valence-corrected chi connectivity index (χ4v) is 2.99. The molecule has 1 aromatic heterocycles. The molecule has 0 aromatic carbocycles. The van der Waals surface area contributed by atoms with Crippen molar-refractivity contribution >= 4 is 0 Å². The van der Waals surface area contributed by atoms with Gasteiger partial charge >= 0.3 is 0 Å². The van der Waals surface area contributed by atoms with E-state index >= 15 is 0 Å². The molecule has 0 aliphatic carbocycles. The maximum atomic E-state index is 5.10. The molecule has 88 valence electrons. The predicted octanol–water partition coefficient (Wildman–Crippen LogP) is 1.17. The van der Waals surface area contributed by atoms with Crippen LogP contribution in [0.15, 0.2) is 10.6 Å². The van der Waals surface area contributed by atoms with E-state index in [2.05, 4.69) is 15.4 Å². The van der Waals surface area contributed by atoms with E-state index in [4.69, 9.17) is 4.52 Å². The van der Waals surface area contributed by atoms with Gasteiger partial charge in [-0.15, -0.1) is 0 Å². The first kappa shape index (κ1) is 10.3. The Kier molecular flexibility index (Phi) is 2.69. The highest BCUT2D eigenvalue weighted by molar-refractivity contribution is 5.04. The van der Waals surface area contributed by atoms with Gasteiger partial charge in [0.2, 0.25) is 0 Å². The quantitative estimate of drug-likeness (QED) is 0.814. The lowest BCUT2D eigenvalue weighted by atomic mass is 9.94. The van der Waals surface area contributed by atoms with Gasteiger partial charge in [0.05, 0.1) is 5.69 Å². The number of hydrogen-bond donors (Lipinski definition) is 1. The Hall–Kier alpha value is -0.870. The van der Waals surface area contributed by atoms with Crippen molar-refractivity contribution in [2.45, 2.75) is 32.4 Å². The van der Waals surface area contributed by atoms with Crippen LogP contribution in [0.25, 0.3) is 0 Å². The molecule has 1 aromatic rings. The van der Waals surface area contributed by atoms with Crippen LogP contribution in [0.4, 0.5) is 0 Å². The molecule has 2 saturated heterocycles. The van der Waals surface area contributed by atoms with E-state index in [1.807, 2.05) is 13.0 Å². The molecule has 0 unspecified atom stereocenters. The van der Waals surface area contributed by atoms with Gasteiger partial charge in [-0.05, 0) is 32.2 Å². The number of rotatable bonds is 2. The van der Waals surface area contributed by atoms with Gasteiger partial charge in [0.15, 0.2) is 0 Å². The molecule has 0 bridgehead atoms. The standard InChI is InChI=1S/C12H19N3O/c1-9-5-11(14-16-9)7-15-6-10-3-2-4-13-12(10)8-15/h5,10,12-13H,2-4,6-8H2,1H3/t10-,12+/m0/s1. The molecule has 0 amide bonds. The Morgan fingerprint density at radius 2 is 2.50 bits per heavy atom. The third kappa shape index (κ3) is 1.99. The van der Waals surface area contributed by atoms with E-state index in [1.165, 1.54) is 25.9 Å². The third-order valence-electron chi connectivity index (χ3n) is 3.74. The topological polar surface area (TPSA) is 41.3 Å². The SMILES string of the molecule is Cc1cc(CN2C[C@@H]3CCCN[C@@H]3C2)no1. The fourth-order valence-electron chi connectivity index (χ4n) is 2.99. The Morgan fingerprint density at radius 3 is 3.25 bits per heavy atom. The summed E-state index contributed by atoms with van der Waals surface area (Å²) >= 11 is 0. The van der Waals surface area contributed by atoms with Crippen molar-refractivity contribution < 1.29 is 4.52 Å². The molecule has 16 heavy (non-hydrogen) atoms. The Balaban J connectivity index is 1.61. The number of nitrogens with one attached hydrogen (secondary N) is 1. The third-order valence-corrected chi connectivity index (χ3v) is 3.74. The number of likely N-dealkylation sites (tertiary alicyclic amines) is 1. The highest BCUT2D eigenvalue weighted by atomic mass is 16.5. The highest BCUT2D eigenvalue weighted by Gasteiger charge is 2.34. The minimum atomic E-state index is 0.710. The highest BCUT2D eigenvalue weighted by Crippen LogP contribution is 2.25. The van der Waals surface area contributed by atoms with Gasteiger partial charge in [-0.2, -0.15) is 0 Å². The normalized spacial score (nSPS) is 30.6. The molecule has 2 aliphatic rings. The number of hydrogen-bond acceptors (Lipinski definition) is 4. The number of aryl methyl sites for hydroxylation is 1. The first-order chi connectivity index (χ1) is 7.81. The summed E-state index contributed by atoms with van der Waals surface area (Å²) in [6, 6.07) is 2.75. The molecule has 2 aliphatic heterocycles. The lowest BCUT2D eigenvalue weighted by Gasteiger charge is -2.24. The van der Waals surface area contributed by atoms with Crippen LogP contribution >= 0.6 is 0 Å². The smallest absolute Gasteiger partial charge is 0.133 e. The maximum absolute atomic E-state index is 5.10. The van der Waals surface area contributed by atoms with Crippen LogP contribution in [-0.4, -0.2) is 35.7 Å². The first-order valence-corrected chi connectivity index (χ1v) is 6.19. The van der Waals surface area contributed by atoms with Gasteiger partial charge in [-0.3, -0.25) is 4.90 Å². The zero-order valence-corrected chi connectivity index (χ0v) is 9.78. The van der Waals surface area contributed by atoms with Gasteiger partial charge in [-0.1, -0.05) is 5.16 Å². The molecule has 0 saturated carbocycles. The van der Waals surface area contributed by atoms with Crippen LogP contribution in [0, 0.1) is 12.8 Å². The maximum Gasteiger partial charge on any atom is 0.133 e. The van der Waals surface area contributed by atoms with E-state index < -0.39 is 0 Å². The van der Waals surface area contributed by atoms with Crippen molar-refractivity contribution in [2.75, 3.05) is 19.6 Å². The number of nitrogens with zero attached hydrogens (tertiary/aromatic N) is 2. The van der Waals surface area contributed by atoms with Crippen LogP contribution in [-0.2, 0) is 6.54 Å². The van der Waals surface area contributed by atoms with E-state index in [9.17, 15) is 0 Å². The molecule has 3 heterocycles. The van der Waals surface area contributed by atoms with E-state index in [0.29, 0.717) is 6.04 Å². The molecule has 0 spiro atoms. The van der Waals surface area contributed by atoms with Crippen molar-refractivity contribution in [1.82, 2.24) is 15.4 Å². The van der Waals surface area contributed by atoms with Gasteiger partial charge in [0.1, 0.15) is 5.76 Å². The van der Waals surface area contributed by atoms with Crippen molar-refractivity contribution in [3.8, 4) is 0 Å². The summed E-state index contributed by atoms with van der Waals surface area (Å²) in [4.78, 5) is 2.49. The summed E-state index contributed by atoms with van der Waals surface area (Å²) in [5.74, 6) is 1.76. The largest absolute Gasteiger partial charge is 0.361 e. The monoisotopic (exact) mass is 221 g/mol. The van der Waals surface area contributed by atoms with Crippen LogP contribution in [0.5, 0.6) is 0 Å². The molecule has 2 fully saturated rings. The molecule has 3 rings (SSSR count). The molecule has 4 nitrogen and oxygen atoms in total. The Morgan fingerprint density at radius 1 is 1.56 bits per heavy atom.